The molecule has 0 saturated carbocycles. The molecule has 0 unspecified atom stereocenters. The number of amides is 2. The summed E-state index contributed by atoms with van der Waals surface area (Å²) in [6.45, 7) is 8.65. The summed E-state index contributed by atoms with van der Waals surface area (Å²) in [6.07, 6.45) is 2.25. The number of hydrogen-bond donors (Lipinski definition) is 2. The molecule has 0 saturated heterocycles. The number of nitrogens with zero attached hydrogens (tertiary/aromatic N) is 3. The monoisotopic (exact) mass is 479 g/mol. The van der Waals surface area contributed by atoms with E-state index in [0.29, 0.717) is 41.8 Å². The van der Waals surface area contributed by atoms with Gasteiger partial charge in [-0.25, -0.2) is 0 Å². The van der Waals surface area contributed by atoms with Crippen LogP contribution in [0.4, 0.5) is 5.69 Å². The molecule has 0 aliphatic rings. The maximum absolute atomic E-state index is 12.5. The van der Waals surface area contributed by atoms with Crippen LogP contribution in [0.25, 0.3) is 0 Å². The van der Waals surface area contributed by atoms with E-state index in [1.165, 1.54) is 11.8 Å². The molecule has 0 spiro atoms. The van der Waals surface area contributed by atoms with E-state index in [4.69, 9.17) is 4.74 Å². The molecule has 1 heterocycles. The normalized spacial score (nSPS) is 10.6. The van der Waals surface area contributed by atoms with E-state index in [9.17, 15) is 9.59 Å². The molecule has 1 aromatic heterocycles. The number of hydrogen-bond acceptors (Lipinski definition) is 6. The first-order valence-corrected chi connectivity index (χ1v) is 11.9. The fourth-order valence-corrected chi connectivity index (χ4v) is 4.14. The molecule has 0 fully saturated rings. The molecule has 0 radical (unpaired) electrons. The number of anilines is 1. The largest absolute Gasteiger partial charge is 0.497 e. The van der Waals surface area contributed by atoms with E-state index in [1.807, 2.05) is 36.6 Å². The molecule has 0 aliphatic heterocycles. The van der Waals surface area contributed by atoms with Gasteiger partial charge in [-0.2, -0.15) is 0 Å². The minimum Gasteiger partial charge on any atom is -0.497 e. The van der Waals surface area contributed by atoms with E-state index >= 15 is 0 Å². The molecular weight excluding hydrogens is 450 g/mol. The molecular formula is C25H29N5O3S. The van der Waals surface area contributed by atoms with E-state index in [2.05, 4.69) is 27.4 Å². The smallest absolute Gasteiger partial charge is 0.251 e. The highest BCUT2D eigenvalue weighted by Gasteiger charge is 2.15. The van der Waals surface area contributed by atoms with Crippen LogP contribution in [0.5, 0.6) is 5.75 Å². The van der Waals surface area contributed by atoms with Crippen LogP contribution in [0, 0.1) is 13.8 Å². The van der Waals surface area contributed by atoms with Gasteiger partial charge in [-0.1, -0.05) is 36.0 Å². The number of methoxy groups -OCH3 is 1. The van der Waals surface area contributed by atoms with Gasteiger partial charge in [0.25, 0.3) is 5.91 Å². The number of carbonyl (C=O) groups excluding carboxylic acids is 2. The predicted molar refractivity (Wildman–Crippen MR) is 135 cm³/mol. The summed E-state index contributed by atoms with van der Waals surface area (Å²) in [5.74, 6) is 1.34. The lowest BCUT2D eigenvalue weighted by atomic mass is 10.1. The molecule has 178 valence electrons. The number of allylic oxidation sites excluding steroid dienone is 1. The van der Waals surface area contributed by atoms with Crippen molar-refractivity contribution in [1.82, 2.24) is 20.1 Å². The van der Waals surface area contributed by atoms with Crippen molar-refractivity contribution in [1.29, 1.82) is 0 Å². The Kier molecular flexibility index (Phi) is 8.86. The number of carbonyl (C=O) groups is 2. The third-order valence-electron chi connectivity index (χ3n) is 5.17. The third kappa shape index (κ3) is 6.48. The summed E-state index contributed by atoms with van der Waals surface area (Å²) in [7, 11) is 1.58. The zero-order chi connectivity index (χ0) is 24.5. The SMILES string of the molecule is C=CCn1c(CCNC(=O)c2ccc(OC)cc2)nnc1SCC(=O)Nc1c(C)cccc1C. The van der Waals surface area contributed by atoms with E-state index in [-0.39, 0.29) is 17.6 Å². The van der Waals surface area contributed by atoms with Gasteiger partial charge >= 0.3 is 0 Å². The fourth-order valence-electron chi connectivity index (χ4n) is 3.37. The number of rotatable bonds is 11. The number of aromatic nitrogens is 3. The Morgan fingerprint density at radius 3 is 2.47 bits per heavy atom. The fraction of sp³-hybridized carbons (Fsp3) is 0.280. The van der Waals surface area contributed by atoms with E-state index < -0.39 is 0 Å². The van der Waals surface area contributed by atoms with Crippen molar-refractivity contribution in [2.24, 2.45) is 0 Å². The minimum absolute atomic E-state index is 0.108. The second-order valence-corrected chi connectivity index (χ2v) is 8.58. The first-order valence-electron chi connectivity index (χ1n) is 10.9. The van der Waals surface area contributed by atoms with Crippen LogP contribution in [0.15, 0.2) is 60.3 Å². The molecule has 3 aromatic rings. The van der Waals surface area contributed by atoms with Crippen LogP contribution < -0.4 is 15.4 Å². The summed E-state index contributed by atoms with van der Waals surface area (Å²) >= 11 is 1.32. The number of para-hydroxylation sites is 1. The molecule has 3 rings (SSSR count). The molecule has 2 N–H and O–H groups in total. The molecule has 0 atom stereocenters. The van der Waals surface area contributed by atoms with Crippen molar-refractivity contribution in [2.45, 2.75) is 32.0 Å². The topological polar surface area (TPSA) is 98.1 Å². The average Bonchev–Trinajstić information content (AvgIpc) is 3.21. The summed E-state index contributed by atoms with van der Waals surface area (Å²) in [5.41, 5.74) is 3.44. The zero-order valence-corrected chi connectivity index (χ0v) is 20.4. The predicted octanol–water partition coefficient (Wildman–Crippen LogP) is 3.79. The highest BCUT2D eigenvalue weighted by Crippen LogP contribution is 2.22. The Hall–Kier alpha value is -3.59. The number of thioether (sulfide) groups is 1. The standard InChI is InChI=1S/C25H29N5O3S/c1-5-15-30-21(13-14-26-24(32)19-9-11-20(33-4)12-10-19)28-29-25(30)34-16-22(31)27-23-17(2)7-6-8-18(23)3/h5-12H,1,13-16H2,2-4H3,(H,26,32)(H,27,31). The molecule has 0 aliphatic carbocycles. The first kappa shape index (κ1) is 25.0. The molecule has 2 amide bonds. The van der Waals surface area contributed by atoms with Gasteiger partial charge in [0, 0.05) is 30.8 Å². The summed E-state index contributed by atoms with van der Waals surface area (Å²) in [4.78, 5) is 24.9. The molecule has 9 heteroatoms. The van der Waals surface area contributed by atoms with Crippen LogP contribution in [-0.2, 0) is 17.8 Å². The maximum Gasteiger partial charge on any atom is 0.251 e. The number of nitrogens with one attached hydrogen (secondary N) is 2. The second-order valence-electron chi connectivity index (χ2n) is 7.64. The lowest BCUT2D eigenvalue weighted by molar-refractivity contribution is -0.113. The van der Waals surface area contributed by atoms with Gasteiger partial charge in [-0.15, -0.1) is 16.8 Å². The van der Waals surface area contributed by atoms with Crippen LogP contribution in [-0.4, -0.2) is 46.0 Å². The summed E-state index contributed by atoms with van der Waals surface area (Å²) < 4.78 is 7.02. The second kappa shape index (κ2) is 12.0. The summed E-state index contributed by atoms with van der Waals surface area (Å²) in [6, 6.07) is 12.8. The van der Waals surface area contributed by atoms with Gasteiger partial charge in [0.05, 0.1) is 12.9 Å². The van der Waals surface area contributed by atoms with Crippen molar-refractivity contribution in [3.63, 3.8) is 0 Å². The highest BCUT2D eigenvalue weighted by molar-refractivity contribution is 7.99. The Balaban J connectivity index is 1.56. The van der Waals surface area contributed by atoms with Gasteiger partial charge < -0.3 is 19.9 Å². The van der Waals surface area contributed by atoms with Crippen molar-refractivity contribution < 1.29 is 14.3 Å². The van der Waals surface area contributed by atoms with E-state index in [0.717, 1.165) is 16.8 Å². The van der Waals surface area contributed by atoms with Crippen LogP contribution >= 0.6 is 11.8 Å². The maximum atomic E-state index is 12.5. The van der Waals surface area contributed by atoms with Gasteiger partial charge in [0.2, 0.25) is 5.91 Å². The minimum atomic E-state index is -0.171. The van der Waals surface area contributed by atoms with Crippen LogP contribution in [0.1, 0.15) is 27.3 Å². The lowest BCUT2D eigenvalue weighted by Crippen LogP contribution is -2.26. The summed E-state index contributed by atoms with van der Waals surface area (Å²) in [5, 5.41) is 15.0. The van der Waals surface area contributed by atoms with E-state index in [1.54, 1.807) is 37.5 Å². The average molecular weight is 480 g/mol. The Morgan fingerprint density at radius 2 is 1.82 bits per heavy atom. The molecule has 0 bridgehead atoms. The van der Waals surface area contributed by atoms with Crippen LogP contribution in [0.2, 0.25) is 0 Å². The highest BCUT2D eigenvalue weighted by atomic mass is 32.2. The van der Waals surface area contributed by atoms with Crippen LogP contribution in [0.3, 0.4) is 0 Å². The molecule has 8 nitrogen and oxygen atoms in total. The van der Waals surface area contributed by atoms with Gasteiger partial charge in [0.15, 0.2) is 5.16 Å². The lowest BCUT2D eigenvalue weighted by Gasteiger charge is -2.11. The van der Waals surface area contributed by atoms with Crippen molar-refractivity contribution >= 4 is 29.3 Å². The quantitative estimate of drug-likeness (QED) is 0.321. The Bertz CT molecular complexity index is 1140. The first-order chi connectivity index (χ1) is 16.4. The van der Waals surface area contributed by atoms with Gasteiger partial charge in [0.1, 0.15) is 11.6 Å². The number of ether oxygens (including phenoxy) is 1. The van der Waals surface area contributed by atoms with Gasteiger partial charge in [-0.3, -0.25) is 9.59 Å². The van der Waals surface area contributed by atoms with Crippen molar-refractivity contribution in [3.05, 3.63) is 77.6 Å². The Morgan fingerprint density at radius 1 is 1.12 bits per heavy atom. The zero-order valence-electron chi connectivity index (χ0n) is 19.6. The molecule has 34 heavy (non-hydrogen) atoms. The van der Waals surface area contributed by atoms with Crippen molar-refractivity contribution in [3.8, 4) is 5.75 Å². The van der Waals surface area contributed by atoms with Gasteiger partial charge in [-0.05, 0) is 49.2 Å². The Labute approximate surface area is 203 Å². The van der Waals surface area contributed by atoms with Crippen molar-refractivity contribution in [2.75, 3.05) is 24.7 Å². The number of benzene rings is 2. The number of aryl methyl sites for hydroxylation is 2. The third-order valence-corrected chi connectivity index (χ3v) is 6.14. The molecule has 2 aromatic carbocycles.